The number of hydrogen-bond donors (Lipinski definition) is 0. The molecule has 5 nitrogen and oxygen atoms in total. The minimum absolute atomic E-state index is 0.0489. The second kappa shape index (κ2) is 5.57. The molecule has 1 atom stereocenters. The number of ether oxygens (including phenoxy) is 1. The average molecular weight is 322 g/mol. The molecule has 22 heavy (non-hydrogen) atoms. The largest absolute Gasteiger partial charge is 0.439 e. The van der Waals surface area contributed by atoms with Crippen molar-refractivity contribution in [2.24, 2.45) is 0 Å². The molecule has 0 bridgehead atoms. The fourth-order valence-electron chi connectivity index (χ4n) is 3.23. The van der Waals surface area contributed by atoms with Gasteiger partial charge in [0.25, 0.3) is 5.91 Å². The average Bonchev–Trinajstić information content (AvgIpc) is 3.05. The van der Waals surface area contributed by atoms with Gasteiger partial charge in [-0.05, 0) is 24.8 Å². The molecule has 2 aliphatic rings. The third kappa shape index (κ3) is 2.72. The molecule has 3 rings (SSSR count). The zero-order chi connectivity index (χ0) is 15.9. The third-order valence-electron chi connectivity index (χ3n) is 4.40. The van der Waals surface area contributed by atoms with Crippen LogP contribution in [-0.4, -0.2) is 54.1 Å². The first-order chi connectivity index (χ1) is 10.4. The molecule has 1 aromatic rings. The van der Waals surface area contributed by atoms with Crippen LogP contribution in [0.5, 0.6) is 0 Å². The number of piperidine rings is 1. The van der Waals surface area contributed by atoms with E-state index in [0.717, 1.165) is 24.9 Å². The highest BCUT2D eigenvalue weighted by molar-refractivity contribution is 7.10. The number of thiophene rings is 1. The molecule has 6 heteroatoms. The molecule has 1 spiro atoms. The maximum Gasteiger partial charge on any atom is 0.410 e. The van der Waals surface area contributed by atoms with Gasteiger partial charge in [0.15, 0.2) is 0 Å². The molecule has 120 valence electrons. The number of rotatable bonds is 2. The SMILES string of the molecule is CC(C)c1cc(C(=O)N2CCC[C@]3(CN(C)C(=O)O3)C2)cs1. The number of nitrogens with zero attached hydrogens (tertiary/aromatic N) is 2. The molecule has 0 unspecified atom stereocenters. The van der Waals surface area contributed by atoms with Crippen LogP contribution in [0.1, 0.15) is 47.8 Å². The smallest absolute Gasteiger partial charge is 0.410 e. The molecular weight excluding hydrogens is 300 g/mol. The normalized spacial score (nSPS) is 25.2. The molecule has 0 aliphatic carbocycles. The molecule has 2 aliphatic heterocycles. The Labute approximate surface area is 134 Å². The van der Waals surface area contributed by atoms with Crippen LogP contribution >= 0.6 is 11.3 Å². The Hall–Kier alpha value is -1.56. The molecule has 0 N–H and O–H groups in total. The van der Waals surface area contributed by atoms with Crippen LogP contribution < -0.4 is 0 Å². The first-order valence-electron chi connectivity index (χ1n) is 7.72. The molecule has 0 saturated carbocycles. The molecule has 1 aromatic heterocycles. The Morgan fingerprint density at radius 1 is 1.41 bits per heavy atom. The molecule has 2 fully saturated rings. The molecule has 0 radical (unpaired) electrons. The van der Waals surface area contributed by atoms with Crippen LogP contribution in [0.3, 0.4) is 0 Å². The zero-order valence-corrected chi connectivity index (χ0v) is 14.1. The second-order valence-electron chi connectivity index (χ2n) is 6.63. The predicted octanol–water partition coefficient (Wildman–Crippen LogP) is 2.93. The Kier molecular flexibility index (Phi) is 3.89. The maximum atomic E-state index is 12.7. The van der Waals surface area contributed by atoms with Gasteiger partial charge in [-0.25, -0.2) is 4.79 Å². The minimum atomic E-state index is -0.517. The summed E-state index contributed by atoms with van der Waals surface area (Å²) in [7, 11) is 1.74. The van der Waals surface area contributed by atoms with Gasteiger partial charge >= 0.3 is 6.09 Å². The molecule has 2 saturated heterocycles. The lowest BCUT2D eigenvalue weighted by atomic mass is 9.92. The van der Waals surface area contributed by atoms with Crippen LogP contribution in [0, 0.1) is 0 Å². The monoisotopic (exact) mass is 322 g/mol. The van der Waals surface area contributed by atoms with Crippen LogP contribution in [0.25, 0.3) is 0 Å². The molecular formula is C16H22N2O3S. The van der Waals surface area contributed by atoms with Crippen LogP contribution in [0.2, 0.25) is 0 Å². The van der Waals surface area contributed by atoms with Gasteiger partial charge in [0.05, 0.1) is 18.7 Å². The topological polar surface area (TPSA) is 49.9 Å². The summed E-state index contributed by atoms with van der Waals surface area (Å²) in [6.45, 7) is 6.05. The highest BCUT2D eigenvalue weighted by atomic mass is 32.1. The second-order valence-corrected chi connectivity index (χ2v) is 7.57. The quantitative estimate of drug-likeness (QED) is 0.841. The summed E-state index contributed by atoms with van der Waals surface area (Å²) in [5.74, 6) is 0.483. The summed E-state index contributed by atoms with van der Waals surface area (Å²) in [4.78, 5) is 29.0. The summed E-state index contributed by atoms with van der Waals surface area (Å²) in [6.07, 6.45) is 1.41. The van der Waals surface area contributed by atoms with Crippen LogP contribution in [0.15, 0.2) is 11.4 Å². The van der Waals surface area contributed by atoms with E-state index < -0.39 is 5.60 Å². The highest BCUT2D eigenvalue weighted by Crippen LogP contribution is 2.32. The minimum Gasteiger partial charge on any atom is -0.439 e. The van der Waals surface area contributed by atoms with Gasteiger partial charge < -0.3 is 14.5 Å². The van der Waals surface area contributed by atoms with Crippen molar-refractivity contribution in [3.63, 3.8) is 0 Å². The number of carbonyl (C=O) groups excluding carboxylic acids is 2. The van der Waals surface area contributed by atoms with Gasteiger partial charge in [-0.1, -0.05) is 13.8 Å². The van der Waals surface area contributed by atoms with Crippen molar-refractivity contribution in [3.05, 3.63) is 21.9 Å². The van der Waals surface area contributed by atoms with E-state index >= 15 is 0 Å². The first-order valence-corrected chi connectivity index (χ1v) is 8.60. The Morgan fingerprint density at radius 2 is 2.18 bits per heavy atom. The van der Waals surface area contributed by atoms with E-state index in [1.165, 1.54) is 4.88 Å². The number of likely N-dealkylation sites (tertiary alicyclic amines) is 1. The van der Waals surface area contributed by atoms with Gasteiger partial charge in [-0.2, -0.15) is 0 Å². The van der Waals surface area contributed by atoms with E-state index in [0.29, 0.717) is 19.0 Å². The number of hydrogen-bond acceptors (Lipinski definition) is 4. The molecule has 2 amide bonds. The van der Waals surface area contributed by atoms with Gasteiger partial charge in [0, 0.05) is 23.8 Å². The lowest BCUT2D eigenvalue weighted by Crippen LogP contribution is -2.52. The van der Waals surface area contributed by atoms with Crippen molar-refractivity contribution < 1.29 is 14.3 Å². The zero-order valence-electron chi connectivity index (χ0n) is 13.3. The molecule has 3 heterocycles. The summed E-state index contributed by atoms with van der Waals surface area (Å²) >= 11 is 1.63. The van der Waals surface area contributed by atoms with E-state index in [1.54, 1.807) is 23.3 Å². The maximum absolute atomic E-state index is 12.7. The number of likely N-dealkylation sites (N-methyl/N-ethyl adjacent to an activating group) is 1. The summed E-state index contributed by atoms with van der Waals surface area (Å²) in [6, 6.07) is 1.99. The Bertz CT molecular complexity index is 598. The van der Waals surface area contributed by atoms with Crippen molar-refractivity contribution in [2.75, 3.05) is 26.7 Å². The Morgan fingerprint density at radius 3 is 2.77 bits per heavy atom. The predicted molar refractivity (Wildman–Crippen MR) is 85.4 cm³/mol. The standard InChI is InChI=1S/C16H22N2O3S/c1-11(2)13-7-12(8-22-13)14(19)18-6-4-5-16(10-18)9-17(3)15(20)21-16/h7-8,11H,4-6,9-10H2,1-3H3/t16-/m0/s1. The van der Waals surface area contributed by atoms with Gasteiger partial charge in [0.2, 0.25) is 0 Å². The fraction of sp³-hybridized carbons (Fsp3) is 0.625. The fourth-order valence-corrected chi connectivity index (χ4v) is 4.13. The van der Waals surface area contributed by atoms with E-state index in [1.807, 2.05) is 16.3 Å². The van der Waals surface area contributed by atoms with Crippen LogP contribution in [-0.2, 0) is 4.74 Å². The van der Waals surface area contributed by atoms with Crippen LogP contribution in [0.4, 0.5) is 4.79 Å². The van der Waals surface area contributed by atoms with Gasteiger partial charge in [-0.15, -0.1) is 11.3 Å². The first kappa shape index (κ1) is 15.3. The van der Waals surface area contributed by atoms with Crippen molar-refractivity contribution in [2.45, 2.75) is 38.2 Å². The van der Waals surface area contributed by atoms with Crippen molar-refractivity contribution >= 4 is 23.3 Å². The molecule has 0 aromatic carbocycles. The summed E-state index contributed by atoms with van der Waals surface area (Å²) < 4.78 is 5.56. The van der Waals surface area contributed by atoms with Crippen molar-refractivity contribution in [1.29, 1.82) is 0 Å². The third-order valence-corrected chi connectivity index (χ3v) is 5.64. The number of amides is 2. The van der Waals surface area contributed by atoms with Crippen molar-refractivity contribution in [1.82, 2.24) is 9.80 Å². The van der Waals surface area contributed by atoms with Gasteiger partial charge in [-0.3, -0.25) is 4.79 Å². The number of carbonyl (C=O) groups is 2. The highest BCUT2D eigenvalue weighted by Gasteiger charge is 2.47. The lowest BCUT2D eigenvalue weighted by molar-refractivity contribution is -0.00519. The van der Waals surface area contributed by atoms with Gasteiger partial charge in [0.1, 0.15) is 5.60 Å². The Balaban J connectivity index is 1.74. The van der Waals surface area contributed by atoms with E-state index in [2.05, 4.69) is 13.8 Å². The summed E-state index contributed by atoms with van der Waals surface area (Å²) in [5, 5.41) is 1.94. The van der Waals surface area contributed by atoms with E-state index in [-0.39, 0.29) is 12.0 Å². The summed E-state index contributed by atoms with van der Waals surface area (Å²) in [5.41, 5.74) is 0.236. The van der Waals surface area contributed by atoms with Crippen molar-refractivity contribution in [3.8, 4) is 0 Å². The van der Waals surface area contributed by atoms with E-state index in [9.17, 15) is 9.59 Å². The van der Waals surface area contributed by atoms with E-state index in [4.69, 9.17) is 4.74 Å². The lowest BCUT2D eigenvalue weighted by Gasteiger charge is -2.38.